The fourth-order valence-corrected chi connectivity index (χ4v) is 10.4. The van der Waals surface area contributed by atoms with E-state index in [9.17, 15) is 15.0 Å². The number of aliphatic hydroxyl groups is 2. The Labute approximate surface area is 378 Å². The van der Waals surface area contributed by atoms with Gasteiger partial charge in [0.15, 0.2) is 8.32 Å². The summed E-state index contributed by atoms with van der Waals surface area (Å²) in [6.07, 6.45) is 21.3. The van der Waals surface area contributed by atoms with Gasteiger partial charge in [-0.3, -0.25) is 0 Å². The third-order valence-electron chi connectivity index (χ3n) is 13.8. The van der Waals surface area contributed by atoms with E-state index in [-0.39, 0.29) is 71.3 Å². The normalized spacial score (nSPS) is 35.4. The first-order chi connectivity index (χ1) is 28.6. The number of thioether (sulfide) groups is 1. The number of hydrogen-bond donors (Lipinski definition) is 2. The van der Waals surface area contributed by atoms with Crippen molar-refractivity contribution in [2.45, 2.75) is 207 Å². The molecule has 0 amide bonds. The maximum Gasteiger partial charge on any atom is 0.331 e. The number of allylic oxidation sites excluding steroid dienone is 3. The fourth-order valence-electron chi connectivity index (χ4n) is 8.56. The second-order valence-corrected chi connectivity index (χ2v) is 25.7. The summed E-state index contributed by atoms with van der Waals surface area (Å²) in [7, 11) is 1.30. The average molecular weight is 895 g/mol. The summed E-state index contributed by atoms with van der Waals surface area (Å²) in [4.78, 5) is 13.6. The first-order valence-corrected chi connectivity index (χ1v) is 27.7. The molecule has 2 aliphatic heterocycles. The largest absolute Gasteiger partial charge is 0.458 e. The van der Waals surface area contributed by atoms with Gasteiger partial charge in [-0.05, 0) is 119 Å². The molecule has 0 aromatic heterocycles. The molecule has 0 bridgehead atoms. The lowest BCUT2D eigenvalue weighted by Gasteiger charge is -2.44. The quantitative estimate of drug-likeness (QED) is 0.0802. The third-order valence-corrected chi connectivity index (χ3v) is 18.7. The van der Waals surface area contributed by atoms with Gasteiger partial charge in [0.05, 0.1) is 54.8 Å². The minimum Gasteiger partial charge on any atom is -0.458 e. The minimum atomic E-state index is -2.25. The highest BCUT2D eigenvalue weighted by molar-refractivity contribution is 7.98. The molecule has 1 fully saturated rings. The Morgan fingerprint density at radius 1 is 0.951 bits per heavy atom. The van der Waals surface area contributed by atoms with Crippen molar-refractivity contribution in [2.75, 3.05) is 26.4 Å². The van der Waals surface area contributed by atoms with E-state index >= 15 is 0 Å². The number of methoxy groups -OCH3 is 2. The summed E-state index contributed by atoms with van der Waals surface area (Å²) >= 11 is 1.62. The van der Waals surface area contributed by atoms with Crippen molar-refractivity contribution in [2.24, 2.45) is 29.6 Å². The van der Waals surface area contributed by atoms with Gasteiger partial charge in [0.1, 0.15) is 6.10 Å². The van der Waals surface area contributed by atoms with Gasteiger partial charge in [-0.1, -0.05) is 91.8 Å². The van der Waals surface area contributed by atoms with Crippen LogP contribution < -0.4 is 0 Å². The topological polar surface area (TPSA) is 113 Å². The van der Waals surface area contributed by atoms with Gasteiger partial charge >= 0.3 is 5.97 Å². The molecule has 9 nitrogen and oxygen atoms in total. The molecular formula is C50H90O9SSi. The first kappa shape index (κ1) is 55.8. The van der Waals surface area contributed by atoms with Gasteiger partial charge in [0.2, 0.25) is 0 Å². The van der Waals surface area contributed by atoms with Crippen LogP contribution in [0.1, 0.15) is 133 Å². The molecule has 61 heavy (non-hydrogen) atoms. The predicted octanol–water partition coefficient (Wildman–Crippen LogP) is 11.2. The number of hydrogen-bond acceptors (Lipinski definition) is 10. The first-order valence-electron chi connectivity index (χ1n) is 23.4. The smallest absolute Gasteiger partial charge is 0.331 e. The Morgan fingerprint density at radius 3 is 2.30 bits per heavy atom. The molecule has 2 N–H and O–H groups in total. The summed E-state index contributed by atoms with van der Waals surface area (Å²) in [5.74, 6) is 0.331. The van der Waals surface area contributed by atoms with Crippen LogP contribution in [0.25, 0.3) is 0 Å². The van der Waals surface area contributed by atoms with Gasteiger partial charge in [-0.15, -0.1) is 11.8 Å². The predicted molar refractivity (Wildman–Crippen MR) is 256 cm³/mol. The summed E-state index contributed by atoms with van der Waals surface area (Å²) in [6, 6.07) is 0. The number of carbonyl (C=O) groups excluding carboxylic acids is 1. The van der Waals surface area contributed by atoms with Crippen LogP contribution in [0.3, 0.4) is 0 Å². The zero-order valence-electron chi connectivity index (χ0n) is 41.1. The number of aliphatic hydroxyl groups excluding tert-OH is 2. The lowest BCUT2D eigenvalue weighted by atomic mass is 9.84. The summed E-state index contributed by atoms with van der Waals surface area (Å²) in [5, 5.41) is 22.7. The summed E-state index contributed by atoms with van der Waals surface area (Å²) in [6.45, 7) is 26.4. The molecule has 0 unspecified atom stereocenters. The monoisotopic (exact) mass is 895 g/mol. The SMILES string of the molecule is CO[C@H]1C[C@H](CC[C@H](C)[C@H](O[Si](C)(C)C(C)(C)C)[C@H](C)[C@@H]2C/C=C/[C@H](O)C[C@H](C)C/C=C(\C)[C@@H](OC)CC[C@@H](C)[C@@H](O)[C@H](C)[C@H](OCSC)C/C=C/C=C/C(=O)O2)O[C@@H](C)C1. The molecule has 0 radical (unpaired) electrons. The molecule has 11 heteroatoms. The van der Waals surface area contributed by atoms with Crippen molar-refractivity contribution in [1.82, 2.24) is 0 Å². The van der Waals surface area contributed by atoms with E-state index in [1.807, 2.05) is 30.6 Å². The number of cyclic esters (lactones) is 1. The highest BCUT2D eigenvalue weighted by atomic mass is 32.2. The molecule has 0 aromatic carbocycles. The second kappa shape index (κ2) is 27.9. The van der Waals surface area contributed by atoms with Gasteiger partial charge in [0, 0.05) is 38.6 Å². The van der Waals surface area contributed by atoms with E-state index in [4.69, 9.17) is 28.1 Å². The van der Waals surface area contributed by atoms with E-state index in [1.165, 1.54) is 11.6 Å². The fraction of sp³-hybridized carbons (Fsp3) is 0.820. The Balaban J connectivity index is 2.48. The van der Waals surface area contributed by atoms with Gasteiger partial charge in [0.25, 0.3) is 0 Å². The van der Waals surface area contributed by atoms with Crippen LogP contribution >= 0.6 is 11.8 Å². The molecule has 0 spiro atoms. The van der Waals surface area contributed by atoms with Gasteiger partial charge in [-0.2, -0.15) is 0 Å². The molecule has 0 aliphatic carbocycles. The standard InChI is InChI=1S/C50H90O9SSi/c1-34-24-25-35(2)44(55-12)29-27-36(3)48(53)39(6)45(56-33-60-13)21-17-16-18-23-47(52)58-46(22-19-20-41(51)30-34)40(7)49(59-61(14,15)50(8,9)10)37(4)26-28-42-32-43(54-11)31-38(5)57-42/h16-20,23,25,34,36-46,48-49,51,53H,21-22,24,26-33H2,1-15H3/b17-16+,20-19+,23-18+,35-25+/t34-,36-,37+,38+,39-,40-,41+,42+,43-,44+,45-,46+,48-,49+/m1/s1. The average Bonchev–Trinajstić information content (AvgIpc) is 3.20. The van der Waals surface area contributed by atoms with Crippen LogP contribution in [-0.2, 0) is 32.9 Å². The van der Waals surface area contributed by atoms with Crippen molar-refractivity contribution in [3.8, 4) is 0 Å². The third kappa shape index (κ3) is 19.8. The van der Waals surface area contributed by atoms with Crippen LogP contribution in [0.2, 0.25) is 18.1 Å². The molecule has 2 heterocycles. The van der Waals surface area contributed by atoms with Crippen molar-refractivity contribution in [1.29, 1.82) is 0 Å². The summed E-state index contributed by atoms with van der Waals surface area (Å²) in [5.41, 5.74) is 1.17. The number of carbonyl (C=O) groups is 1. The second-order valence-electron chi connectivity index (χ2n) is 20.1. The minimum absolute atomic E-state index is 0.0109. The van der Waals surface area contributed by atoms with Crippen LogP contribution in [0.15, 0.2) is 48.1 Å². The molecule has 2 rings (SSSR count). The zero-order valence-corrected chi connectivity index (χ0v) is 42.9. The highest BCUT2D eigenvalue weighted by Gasteiger charge is 2.43. The lowest BCUT2D eigenvalue weighted by Crippen LogP contribution is -2.49. The van der Waals surface area contributed by atoms with E-state index < -0.39 is 32.6 Å². The van der Waals surface area contributed by atoms with Crippen LogP contribution in [0.5, 0.6) is 0 Å². The highest BCUT2D eigenvalue weighted by Crippen LogP contribution is 2.41. The molecule has 2 aliphatic rings. The Kier molecular flexibility index (Phi) is 25.6. The van der Waals surface area contributed by atoms with E-state index in [0.717, 1.165) is 44.9 Å². The summed E-state index contributed by atoms with van der Waals surface area (Å²) < 4.78 is 37.9. The number of rotatable bonds is 13. The Morgan fingerprint density at radius 2 is 1.66 bits per heavy atom. The molecular weight excluding hydrogens is 805 g/mol. The maximum absolute atomic E-state index is 13.6. The molecule has 354 valence electrons. The van der Waals surface area contributed by atoms with E-state index in [1.54, 1.807) is 32.1 Å². The van der Waals surface area contributed by atoms with Crippen molar-refractivity contribution >= 4 is 26.0 Å². The number of ether oxygens (including phenoxy) is 5. The van der Waals surface area contributed by atoms with Gasteiger partial charge in [-0.25, -0.2) is 4.79 Å². The zero-order chi connectivity index (χ0) is 45.9. The Bertz CT molecular complexity index is 1360. The molecule has 0 saturated carbocycles. The van der Waals surface area contributed by atoms with Crippen LogP contribution in [-0.4, -0.2) is 106 Å². The lowest BCUT2D eigenvalue weighted by molar-refractivity contribution is -0.148. The van der Waals surface area contributed by atoms with E-state index in [2.05, 4.69) is 88.4 Å². The van der Waals surface area contributed by atoms with Gasteiger partial charge < -0.3 is 38.3 Å². The molecule has 14 atom stereocenters. The molecule has 0 aromatic rings. The maximum atomic E-state index is 13.6. The van der Waals surface area contributed by atoms with Crippen molar-refractivity contribution < 1.29 is 43.1 Å². The van der Waals surface area contributed by atoms with E-state index in [0.29, 0.717) is 25.2 Å². The number of esters is 1. The Hall–Kier alpha value is -1.28. The molecule has 1 saturated heterocycles. The van der Waals surface area contributed by atoms with Crippen LogP contribution in [0.4, 0.5) is 0 Å². The van der Waals surface area contributed by atoms with Crippen molar-refractivity contribution in [3.63, 3.8) is 0 Å². The van der Waals surface area contributed by atoms with Crippen LogP contribution in [0, 0.1) is 29.6 Å². The van der Waals surface area contributed by atoms with Crippen molar-refractivity contribution in [3.05, 3.63) is 48.1 Å².